The van der Waals surface area contributed by atoms with Crippen LogP contribution in [0.3, 0.4) is 0 Å². The number of hydrogen-bond donors (Lipinski definition) is 1. The number of ether oxygens (including phenoxy) is 4. The highest BCUT2D eigenvalue weighted by molar-refractivity contribution is 5.43. The van der Waals surface area contributed by atoms with Crippen molar-refractivity contribution in [1.82, 2.24) is 14.5 Å². The molecule has 3 aromatic rings. The lowest BCUT2D eigenvalue weighted by Crippen LogP contribution is -2.48. The van der Waals surface area contributed by atoms with E-state index in [1.165, 1.54) is 5.56 Å². The number of imidazole rings is 1. The molecule has 8 nitrogen and oxygen atoms in total. The quantitative estimate of drug-likeness (QED) is 0.371. The number of aryl methyl sites for hydroxylation is 3. The Morgan fingerprint density at radius 1 is 1.11 bits per heavy atom. The molecule has 1 aromatic heterocycles. The molecule has 0 radical (unpaired) electrons. The van der Waals surface area contributed by atoms with Crippen LogP contribution in [0.4, 0.5) is 0 Å². The van der Waals surface area contributed by atoms with Crippen LogP contribution in [0, 0.1) is 6.92 Å². The summed E-state index contributed by atoms with van der Waals surface area (Å²) in [6, 6.07) is 13.9. The molecule has 2 heterocycles. The third-order valence-electron chi connectivity index (χ3n) is 6.52. The number of benzene rings is 2. The summed E-state index contributed by atoms with van der Waals surface area (Å²) in [5.74, 6) is 3.27. The molecule has 1 saturated heterocycles. The third kappa shape index (κ3) is 7.71. The van der Waals surface area contributed by atoms with Gasteiger partial charge in [-0.3, -0.25) is 4.90 Å². The summed E-state index contributed by atoms with van der Waals surface area (Å²) in [5.41, 5.74) is 1.15. The monoisotopic (exact) mass is 509 g/mol. The van der Waals surface area contributed by atoms with E-state index in [9.17, 15) is 5.11 Å². The van der Waals surface area contributed by atoms with Gasteiger partial charge in [0.05, 0.1) is 26.9 Å². The van der Waals surface area contributed by atoms with E-state index < -0.39 is 5.60 Å². The van der Waals surface area contributed by atoms with Gasteiger partial charge in [0.25, 0.3) is 0 Å². The number of β-amino-alcohol motifs (C(OH)–C–C–N with tert-alkyl or cyclic N) is 1. The van der Waals surface area contributed by atoms with E-state index >= 15 is 0 Å². The Labute approximate surface area is 219 Å². The number of methoxy groups -OCH3 is 1. The molecular formula is C29H39N3O5. The van der Waals surface area contributed by atoms with Gasteiger partial charge in [-0.25, -0.2) is 4.98 Å². The van der Waals surface area contributed by atoms with E-state index in [0.717, 1.165) is 48.8 Å². The van der Waals surface area contributed by atoms with Gasteiger partial charge in [-0.1, -0.05) is 30.7 Å². The predicted molar refractivity (Wildman–Crippen MR) is 142 cm³/mol. The number of aromatic nitrogens is 2. The number of nitrogens with zero attached hydrogens (tertiary/aromatic N) is 3. The van der Waals surface area contributed by atoms with E-state index in [-0.39, 0.29) is 13.2 Å². The second-order valence-electron chi connectivity index (χ2n) is 9.67. The maximum absolute atomic E-state index is 11.3. The highest BCUT2D eigenvalue weighted by Gasteiger charge is 2.33. The zero-order valence-corrected chi connectivity index (χ0v) is 22.2. The van der Waals surface area contributed by atoms with E-state index in [1.807, 2.05) is 61.8 Å². The summed E-state index contributed by atoms with van der Waals surface area (Å²) in [4.78, 5) is 6.57. The molecule has 1 N–H and O–H groups in total. The van der Waals surface area contributed by atoms with Crippen LogP contribution in [0.5, 0.6) is 17.2 Å². The third-order valence-corrected chi connectivity index (χ3v) is 6.52. The maximum atomic E-state index is 11.3. The van der Waals surface area contributed by atoms with Crippen LogP contribution in [0.1, 0.15) is 30.3 Å². The van der Waals surface area contributed by atoms with E-state index in [1.54, 1.807) is 7.11 Å². The van der Waals surface area contributed by atoms with Crippen LogP contribution in [-0.2, 0) is 24.2 Å². The standard InChI is InChI=1S/C29H39N3O5/c1-4-28-30-12-14-32(28)13-5-16-36-27-18-24(8-11-26(27)34-3)19-31-15-17-35-21-29(33,20-31)22-37-25-9-6-23(2)7-10-25/h6-12,14,18,33H,4-5,13,15-17,19-22H2,1-3H3/t29-/m0/s1. The van der Waals surface area contributed by atoms with Crippen LogP contribution in [0.15, 0.2) is 54.9 Å². The molecule has 1 aliphatic rings. The van der Waals surface area contributed by atoms with Crippen molar-refractivity contribution >= 4 is 0 Å². The first-order valence-corrected chi connectivity index (χ1v) is 13.0. The molecule has 4 rings (SSSR count). The summed E-state index contributed by atoms with van der Waals surface area (Å²) in [5, 5.41) is 11.3. The Hall–Kier alpha value is -3.07. The zero-order valence-electron chi connectivity index (χ0n) is 22.2. The van der Waals surface area contributed by atoms with Crippen molar-refractivity contribution in [3.05, 3.63) is 71.8 Å². The molecule has 8 heteroatoms. The Kier molecular flexibility index (Phi) is 9.44. The maximum Gasteiger partial charge on any atom is 0.161 e. The van der Waals surface area contributed by atoms with Gasteiger partial charge in [0.2, 0.25) is 0 Å². The average Bonchev–Trinajstić information content (AvgIpc) is 3.28. The Balaban J connectivity index is 1.34. The summed E-state index contributed by atoms with van der Waals surface area (Å²) in [6.45, 7) is 8.38. The Bertz CT molecular complexity index is 1120. The van der Waals surface area contributed by atoms with Gasteiger partial charge in [0, 0.05) is 45.0 Å². The molecule has 1 atom stereocenters. The first-order chi connectivity index (χ1) is 18.0. The lowest BCUT2D eigenvalue weighted by Gasteiger charge is -2.30. The van der Waals surface area contributed by atoms with Crippen LogP contribution in [0.25, 0.3) is 0 Å². The zero-order chi connectivity index (χ0) is 26.1. The molecule has 37 heavy (non-hydrogen) atoms. The highest BCUT2D eigenvalue weighted by atomic mass is 16.5. The van der Waals surface area contributed by atoms with Gasteiger partial charge in [-0.2, -0.15) is 0 Å². The van der Waals surface area contributed by atoms with Gasteiger partial charge in [-0.15, -0.1) is 0 Å². The SMILES string of the molecule is CCc1nccn1CCCOc1cc(CN2CCOC[C@](O)(COc3ccc(C)cc3)C2)ccc1OC. The van der Waals surface area contributed by atoms with Gasteiger partial charge < -0.3 is 28.6 Å². The van der Waals surface area contributed by atoms with Gasteiger partial charge in [0.15, 0.2) is 11.5 Å². The largest absolute Gasteiger partial charge is 0.493 e. The number of aliphatic hydroxyl groups is 1. The fourth-order valence-electron chi connectivity index (χ4n) is 4.54. The van der Waals surface area contributed by atoms with Gasteiger partial charge >= 0.3 is 0 Å². The Morgan fingerprint density at radius 3 is 2.73 bits per heavy atom. The average molecular weight is 510 g/mol. The van der Waals surface area contributed by atoms with E-state index in [4.69, 9.17) is 18.9 Å². The molecule has 2 aromatic carbocycles. The second-order valence-corrected chi connectivity index (χ2v) is 9.67. The van der Waals surface area contributed by atoms with Gasteiger partial charge in [-0.05, 0) is 43.2 Å². The topological polar surface area (TPSA) is 78.2 Å². The van der Waals surface area contributed by atoms with Crippen molar-refractivity contribution in [2.45, 2.75) is 45.4 Å². The van der Waals surface area contributed by atoms with Crippen LogP contribution in [0.2, 0.25) is 0 Å². The number of rotatable bonds is 12. The predicted octanol–water partition coefficient (Wildman–Crippen LogP) is 3.87. The minimum Gasteiger partial charge on any atom is -0.493 e. The van der Waals surface area contributed by atoms with Crippen LogP contribution >= 0.6 is 0 Å². The van der Waals surface area contributed by atoms with Crippen molar-refractivity contribution in [3.8, 4) is 17.2 Å². The molecule has 1 fully saturated rings. The first kappa shape index (κ1) is 27.0. The van der Waals surface area contributed by atoms with Crippen molar-refractivity contribution in [3.63, 3.8) is 0 Å². The Morgan fingerprint density at radius 2 is 1.95 bits per heavy atom. The van der Waals surface area contributed by atoms with Crippen molar-refractivity contribution < 1.29 is 24.1 Å². The van der Waals surface area contributed by atoms with Crippen LogP contribution in [-0.4, -0.2) is 71.8 Å². The molecule has 0 saturated carbocycles. The lowest BCUT2D eigenvalue weighted by atomic mass is 10.1. The summed E-state index contributed by atoms with van der Waals surface area (Å²) >= 11 is 0. The summed E-state index contributed by atoms with van der Waals surface area (Å²) in [6.07, 6.45) is 5.64. The normalized spacial score (nSPS) is 18.4. The number of hydrogen-bond acceptors (Lipinski definition) is 7. The molecule has 0 bridgehead atoms. The van der Waals surface area contributed by atoms with Crippen molar-refractivity contribution in [2.75, 3.05) is 46.6 Å². The minimum atomic E-state index is -1.10. The van der Waals surface area contributed by atoms with Crippen molar-refractivity contribution in [1.29, 1.82) is 0 Å². The highest BCUT2D eigenvalue weighted by Crippen LogP contribution is 2.29. The van der Waals surface area contributed by atoms with E-state index in [2.05, 4.69) is 21.4 Å². The van der Waals surface area contributed by atoms with Crippen LogP contribution < -0.4 is 14.2 Å². The lowest BCUT2D eigenvalue weighted by molar-refractivity contribution is -0.0646. The molecule has 200 valence electrons. The minimum absolute atomic E-state index is 0.167. The van der Waals surface area contributed by atoms with E-state index in [0.29, 0.717) is 32.1 Å². The molecule has 1 aliphatic heterocycles. The summed E-state index contributed by atoms with van der Waals surface area (Å²) < 4.78 is 25.5. The van der Waals surface area contributed by atoms with Gasteiger partial charge in [0.1, 0.15) is 23.8 Å². The molecule has 0 aliphatic carbocycles. The van der Waals surface area contributed by atoms with Crippen molar-refractivity contribution in [2.24, 2.45) is 0 Å². The summed E-state index contributed by atoms with van der Waals surface area (Å²) in [7, 11) is 1.65. The molecule has 0 amide bonds. The molecule has 0 spiro atoms. The molecule has 0 unspecified atom stereocenters. The fourth-order valence-corrected chi connectivity index (χ4v) is 4.54. The smallest absolute Gasteiger partial charge is 0.161 e. The first-order valence-electron chi connectivity index (χ1n) is 13.0. The molecular weight excluding hydrogens is 470 g/mol. The fraction of sp³-hybridized carbons (Fsp3) is 0.483. The second kappa shape index (κ2) is 12.9.